The molecule has 0 aliphatic carbocycles. The third-order valence-corrected chi connectivity index (χ3v) is 5.49. The summed E-state index contributed by atoms with van der Waals surface area (Å²) in [5.74, 6) is 0.531. The Morgan fingerprint density at radius 3 is 2.34 bits per heavy atom. The molecule has 0 aliphatic rings. The second kappa shape index (κ2) is 8.32. The van der Waals surface area contributed by atoms with Crippen LogP contribution in [0.3, 0.4) is 0 Å². The van der Waals surface area contributed by atoms with E-state index in [4.69, 9.17) is 32.4 Å². The molecule has 5 heteroatoms. The molecule has 3 nitrogen and oxygen atoms in total. The predicted octanol–water partition coefficient (Wildman–Crippen LogP) is 6.91. The maximum absolute atomic E-state index is 13.3. The highest BCUT2D eigenvalue weighted by atomic mass is 35.5. The van der Waals surface area contributed by atoms with E-state index in [2.05, 4.69) is 0 Å². The van der Waals surface area contributed by atoms with Gasteiger partial charge in [-0.05, 0) is 36.2 Å². The summed E-state index contributed by atoms with van der Waals surface area (Å²) in [6.07, 6.45) is 0.821. The normalized spacial score (nSPS) is 11.0. The lowest BCUT2D eigenvalue weighted by Gasteiger charge is -2.13. The molecular weight excluding hydrogens is 407 g/mol. The summed E-state index contributed by atoms with van der Waals surface area (Å²) in [5.41, 5.74) is 2.73. The summed E-state index contributed by atoms with van der Waals surface area (Å²) in [5, 5.41) is 1.46. The van der Waals surface area contributed by atoms with Crippen LogP contribution in [0.15, 0.2) is 75.9 Å². The Bertz CT molecular complexity index is 1210. The van der Waals surface area contributed by atoms with Gasteiger partial charge < -0.3 is 9.15 Å². The summed E-state index contributed by atoms with van der Waals surface area (Å²) >= 11 is 12.5. The monoisotopic (exact) mass is 424 g/mol. The molecule has 0 amide bonds. The summed E-state index contributed by atoms with van der Waals surface area (Å²) in [7, 11) is 0. The van der Waals surface area contributed by atoms with E-state index in [-0.39, 0.29) is 17.8 Å². The van der Waals surface area contributed by atoms with Gasteiger partial charge in [-0.1, -0.05) is 72.6 Å². The minimum Gasteiger partial charge on any atom is -0.481 e. The van der Waals surface area contributed by atoms with Gasteiger partial charge in [0.1, 0.15) is 12.2 Å². The van der Waals surface area contributed by atoms with Crippen molar-refractivity contribution in [1.29, 1.82) is 0 Å². The van der Waals surface area contributed by atoms with Gasteiger partial charge in [-0.3, -0.25) is 4.79 Å². The lowest BCUT2D eigenvalue weighted by Crippen LogP contribution is -2.11. The number of rotatable bonds is 5. The Morgan fingerprint density at radius 2 is 1.66 bits per heavy atom. The predicted molar refractivity (Wildman–Crippen MR) is 118 cm³/mol. The van der Waals surface area contributed by atoms with Crippen LogP contribution < -0.4 is 10.2 Å². The van der Waals surface area contributed by atoms with Crippen LogP contribution in [0.5, 0.6) is 5.75 Å². The van der Waals surface area contributed by atoms with Crippen molar-refractivity contribution in [3.8, 4) is 17.1 Å². The zero-order chi connectivity index (χ0) is 20.4. The number of aryl methyl sites for hydroxylation is 1. The van der Waals surface area contributed by atoms with Crippen molar-refractivity contribution >= 4 is 34.2 Å². The summed E-state index contributed by atoms with van der Waals surface area (Å²) in [6.45, 7) is 2.10. The van der Waals surface area contributed by atoms with Crippen LogP contribution >= 0.6 is 23.2 Å². The average Bonchev–Trinajstić information content (AvgIpc) is 2.75. The van der Waals surface area contributed by atoms with E-state index in [1.807, 2.05) is 55.5 Å². The Balaban J connectivity index is 1.87. The van der Waals surface area contributed by atoms with E-state index in [1.165, 1.54) is 0 Å². The molecular formula is C24H18Cl2O3. The number of hydrogen-bond acceptors (Lipinski definition) is 3. The molecule has 0 atom stereocenters. The largest absolute Gasteiger partial charge is 0.481 e. The molecule has 0 saturated heterocycles. The highest BCUT2D eigenvalue weighted by molar-refractivity contribution is 6.35. The molecule has 0 aliphatic heterocycles. The molecule has 0 spiro atoms. The first-order valence-corrected chi connectivity index (χ1v) is 10.0. The zero-order valence-electron chi connectivity index (χ0n) is 15.7. The van der Waals surface area contributed by atoms with Crippen molar-refractivity contribution in [2.75, 3.05) is 0 Å². The molecule has 29 heavy (non-hydrogen) atoms. The van der Waals surface area contributed by atoms with E-state index < -0.39 is 0 Å². The van der Waals surface area contributed by atoms with Crippen molar-refractivity contribution in [3.05, 3.63) is 98.1 Å². The first-order chi connectivity index (χ1) is 14.1. The molecule has 0 radical (unpaired) electrons. The second-order valence-electron chi connectivity index (χ2n) is 6.63. The number of halogens is 2. The van der Waals surface area contributed by atoms with Crippen LogP contribution in [0.2, 0.25) is 10.0 Å². The molecule has 4 rings (SSSR count). The lowest BCUT2D eigenvalue weighted by atomic mass is 10.1. The van der Waals surface area contributed by atoms with Crippen molar-refractivity contribution < 1.29 is 9.15 Å². The highest BCUT2D eigenvalue weighted by Gasteiger charge is 2.19. The molecule has 0 unspecified atom stereocenters. The number of benzene rings is 3. The standard InChI is InChI=1S/C24H18Cl2O3/c1-2-15-11-12-21-17(13-15)22(27)24(23(29-21)16-7-4-3-5-8-16)28-14-18-19(25)9-6-10-20(18)26/h3-13H,2,14H2,1H3. The third kappa shape index (κ3) is 3.89. The van der Waals surface area contributed by atoms with Gasteiger partial charge in [0, 0.05) is 21.2 Å². The number of ether oxygens (including phenoxy) is 1. The van der Waals surface area contributed by atoms with Gasteiger partial charge >= 0.3 is 0 Å². The van der Waals surface area contributed by atoms with Crippen molar-refractivity contribution in [3.63, 3.8) is 0 Å². The van der Waals surface area contributed by atoms with Crippen LogP contribution in [0.1, 0.15) is 18.1 Å². The zero-order valence-corrected chi connectivity index (χ0v) is 17.3. The minimum absolute atomic E-state index is 0.0576. The topological polar surface area (TPSA) is 39.4 Å². The molecule has 3 aromatic carbocycles. The van der Waals surface area contributed by atoms with Gasteiger partial charge in [0.15, 0.2) is 5.76 Å². The van der Waals surface area contributed by atoms with E-state index in [1.54, 1.807) is 18.2 Å². The maximum atomic E-state index is 13.3. The minimum atomic E-state index is -0.219. The summed E-state index contributed by atoms with van der Waals surface area (Å²) in [6, 6.07) is 20.3. The molecule has 0 bridgehead atoms. The van der Waals surface area contributed by atoms with Crippen LogP contribution in [0, 0.1) is 0 Å². The molecule has 0 saturated carbocycles. The van der Waals surface area contributed by atoms with Gasteiger partial charge in [0.05, 0.1) is 5.39 Å². The molecule has 146 valence electrons. The first-order valence-electron chi connectivity index (χ1n) is 9.29. The third-order valence-electron chi connectivity index (χ3n) is 4.78. The van der Waals surface area contributed by atoms with E-state index in [9.17, 15) is 4.79 Å². The van der Waals surface area contributed by atoms with Gasteiger partial charge in [0.2, 0.25) is 11.2 Å². The van der Waals surface area contributed by atoms with E-state index in [0.29, 0.717) is 32.3 Å². The molecule has 0 fully saturated rings. The fourth-order valence-corrected chi connectivity index (χ4v) is 3.68. The molecule has 1 aromatic heterocycles. The fourth-order valence-electron chi connectivity index (χ4n) is 3.17. The van der Waals surface area contributed by atoms with Crippen LogP contribution in [-0.2, 0) is 13.0 Å². The number of hydrogen-bond donors (Lipinski definition) is 0. The maximum Gasteiger partial charge on any atom is 0.235 e. The smallest absolute Gasteiger partial charge is 0.235 e. The van der Waals surface area contributed by atoms with Crippen LogP contribution in [0.4, 0.5) is 0 Å². The summed E-state index contributed by atoms with van der Waals surface area (Å²) < 4.78 is 12.1. The van der Waals surface area contributed by atoms with Gasteiger partial charge in [0.25, 0.3) is 0 Å². The Hall–Kier alpha value is -2.75. The number of fused-ring (bicyclic) bond motifs is 1. The second-order valence-corrected chi connectivity index (χ2v) is 7.44. The van der Waals surface area contributed by atoms with E-state index in [0.717, 1.165) is 17.5 Å². The average molecular weight is 425 g/mol. The molecule has 4 aromatic rings. The van der Waals surface area contributed by atoms with Gasteiger partial charge in [-0.25, -0.2) is 0 Å². The Morgan fingerprint density at radius 1 is 0.931 bits per heavy atom. The Kier molecular flexibility index (Phi) is 5.61. The summed E-state index contributed by atoms with van der Waals surface area (Å²) in [4.78, 5) is 13.3. The van der Waals surface area contributed by atoms with Crippen LogP contribution in [-0.4, -0.2) is 0 Å². The SMILES string of the molecule is CCc1ccc2oc(-c3ccccc3)c(OCc3c(Cl)cccc3Cl)c(=O)c2c1. The fraction of sp³-hybridized carbons (Fsp3) is 0.125. The van der Waals surface area contributed by atoms with E-state index >= 15 is 0 Å². The Labute approximate surface area is 178 Å². The lowest BCUT2D eigenvalue weighted by molar-refractivity contribution is 0.298. The van der Waals surface area contributed by atoms with Crippen molar-refractivity contribution in [2.24, 2.45) is 0 Å². The van der Waals surface area contributed by atoms with Crippen LogP contribution in [0.25, 0.3) is 22.3 Å². The molecule has 1 heterocycles. The quantitative estimate of drug-likeness (QED) is 0.349. The highest BCUT2D eigenvalue weighted by Crippen LogP contribution is 2.33. The van der Waals surface area contributed by atoms with Gasteiger partial charge in [-0.2, -0.15) is 0 Å². The molecule has 0 N–H and O–H groups in total. The van der Waals surface area contributed by atoms with Gasteiger partial charge in [-0.15, -0.1) is 0 Å². The van der Waals surface area contributed by atoms with Crippen molar-refractivity contribution in [1.82, 2.24) is 0 Å². The first kappa shape index (κ1) is 19.6. The van der Waals surface area contributed by atoms with Crippen molar-refractivity contribution in [2.45, 2.75) is 20.0 Å².